The van der Waals surface area contributed by atoms with Gasteiger partial charge in [0.1, 0.15) is 0 Å². The van der Waals surface area contributed by atoms with Crippen LogP contribution in [0.5, 0.6) is 0 Å². The average Bonchev–Trinajstić information content (AvgIpc) is 3.09. The number of nitrogens with one attached hydrogen (secondary N) is 1. The second kappa shape index (κ2) is 6.63. The van der Waals surface area contributed by atoms with Crippen LogP contribution in [0.15, 0.2) is 0 Å². The second-order valence-electron chi connectivity index (χ2n) is 6.30. The minimum Gasteiger partial charge on any atom is -0.376 e. The van der Waals surface area contributed by atoms with Crippen LogP contribution in [0.25, 0.3) is 0 Å². The number of anilines is 1. The smallest absolute Gasteiger partial charge is 0.185 e. The quantitative estimate of drug-likeness (QED) is 0.785. The Bertz CT molecular complexity index is 472. The number of aromatic nitrogens is 1. The molecule has 1 aromatic rings. The lowest BCUT2D eigenvalue weighted by atomic mass is 10.1. The van der Waals surface area contributed by atoms with Gasteiger partial charge in [0, 0.05) is 31.0 Å². The number of hydrogen-bond acceptors (Lipinski definition) is 5. The molecule has 2 aliphatic rings. The summed E-state index contributed by atoms with van der Waals surface area (Å²) >= 11 is 1.87. The van der Waals surface area contributed by atoms with Gasteiger partial charge < -0.3 is 15.0 Å². The second-order valence-corrected chi connectivity index (χ2v) is 7.36. The first-order valence-electron chi connectivity index (χ1n) is 8.25. The molecule has 1 saturated carbocycles. The molecule has 1 aliphatic carbocycles. The molecule has 2 heterocycles. The lowest BCUT2D eigenvalue weighted by Gasteiger charge is -2.26. The highest BCUT2D eigenvalue weighted by Gasteiger charge is 2.33. The van der Waals surface area contributed by atoms with Gasteiger partial charge in [0.25, 0.3) is 0 Å². The van der Waals surface area contributed by atoms with Crippen molar-refractivity contribution in [1.82, 2.24) is 10.3 Å². The number of ether oxygens (including phenoxy) is 1. The summed E-state index contributed by atoms with van der Waals surface area (Å²) < 4.78 is 5.71. The molecule has 1 saturated heterocycles. The van der Waals surface area contributed by atoms with Crippen LogP contribution >= 0.6 is 11.3 Å². The van der Waals surface area contributed by atoms with E-state index in [1.54, 1.807) is 0 Å². The summed E-state index contributed by atoms with van der Waals surface area (Å²) in [6, 6.07) is 0.472. The number of rotatable bonds is 7. The normalized spacial score (nSPS) is 25.5. The van der Waals surface area contributed by atoms with Gasteiger partial charge >= 0.3 is 0 Å². The van der Waals surface area contributed by atoms with Crippen LogP contribution in [0.1, 0.15) is 56.0 Å². The van der Waals surface area contributed by atoms with Crippen LogP contribution in [-0.4, -0.2) is 37.3 Å². The van der Waals surface area contributed by atoms with Crippen molar-refractivity contribution >= 4 is 16.5 Å². The summed E-state index contributed by atoms with van der Waals surface area (Å²) in [7, 11) is 2.18. The zero-order valence-corrected chi connectivity index (χ0v) is 14.2. The molecule has 0 radical (unpaired) electrons. The molecule has 21 heavy (non-hydrogen) atoms. The topological polar surface area (TPSA) is 37.4 Å². The third-order valence-electron chi connectivity index (χ3n) is 4.53. The molecule has 3 rings (SSSR count). The van der Waals surface area contributed by atoms with E-state index < -0.39 is 0 Å². The highest BCUT2D eigenvalue weighted by Crippen LogP contribution is 2.44. The van der Waals surface area contributed by atoms with Crippen LogP contribution in [0.3, 0.4) is 0 Å². The van der Waals surface area contributed by atoms with Crippen molar-refractivity contribution in [1.29, 1.82) is 0 Å². The van der Waals surface area contributed by atoms with E-state index >= 15 is 0 Å². The average molecular weight is 309 g/mol. The Morgan fingerprint density at radius 1 is 1.38 bits per heavy atom. The zero-order chi connectivity index (χ0) is 14.8. The fourth-order valence-corrected chi connectivity index (χ4v) is 4.19. The molecule has 0 bridgehead atoms. The van der Waals surface area contributed by atoms with E-state index in [2.05, 4.69) is 31.1 Å². The fourth-order valence-electron chi connectivity index (χ4n) is 3.05. The number of likely N-dealkylation sites (N-methyl/N-ethyl adjacent to an activating group) is 1. The highest BCUT2D eigenvalue weighted by molar-refractivity contribution is 7.15. The molecule has 1 N–H and O–H groups in total. The van der Waals surface area contributed by atoms with Crippen LogP contribution in [0.2, 0.25) is 0 Å². The summed E-state index contributed by atoms with van der Waals surface area (Å²) in [6.45, 7) is 7.32. The monoisotopic (exact) mass is 309 g/mol. The maximum absolute atomic E-state index is 5.71. The lowest BCUT2D eigenvalue weighted by molar-refractivity contribution is 0.118. The summed E-state index contributed by atoms with van der Waals surface area (Å²) in [6.07, 6.45) is 5.23. The van der Waals surface area contributed by atoms with Crippen molar-refractivity contribution in [2.75, 3.05) is 25.1 Å². The Hall–Kier alpha value is -0.650. The van der Waals surface area contributed by atoms with Crippen molar-refractivity contribution < 1.29 is 4.74 Å². The summed E-state index contributed by atoms with van der Waals surface area (Å²) in [5.74, 6) is 0.721. The van der Waals surface area contributed by atoms with E-state index in [0.717, 1.165) is 32.0 Å². The predicted octanol–water partition coefficient (Wildman–Crippen LogP) is 3.13. The Balaban J connectivity index is 1.74. The van der Waals surface area contributed by atoms with Crippen LogP contribution in [0.4, 0.5) is 5.13 Å². The van der Waals surface area contributed by atoms with E-state index in [0.29, 0.717) is 12.1 Å². The van der Waals surface area contributed by atoms with Gasteiger partial charge in [0.2, 0.25) is 0 Å². The molecule has 5 heteroatoms. The van der Waals surface area contributed by atoms with Crippen LogP contribution < -0.4 is 10.2 Å². The maximum atomic E-state index is 5.71. The third-order valence-corrected chi connectivity index (χ3v) is 5.69. The van der Waals surface area contributed by atoms with Gasteiger partial charge in [-0.05, 0) is 39.2 Å². The van der Waals surface area contributed by atoms with Crippen molar-refractivity contribution in [2.24, 2.45) is 0 Å². The molecule has 0 spiro atoms. The molecule has 0 amide bonds. The molecule has 2 atom stereocenters. The number of hydrogen-bond donors (Lipinski definition) is 1. The lowest BCUT2D eigenvalue weighted by Crippen LogP contribution is -2.36. The maximum Gasteiger partial charge on any atom is 0.185 e. The first-order chi connectivity index (χ1) is 10.2. The molecule has 2 fully saturated rings. The molecule has 2 unspecified atom stereocenters. The van der Waals surface area contributed by atoms with Gasteiger partial charge in [0.15, 0.2) is 5.13 Å². The molecule has 1 aliphatic heterocycles. The van der Waals surface area contributed by atoms with Gasteiger partial charge in [-0.3, -0.25) is 0 Å². The van der Waals surface area contributed by atoms with Crippen molar-refractivity contribution in [3.63, 3.8) is 0 Å². The van der Waals surface area contributed by atoms with Gasteiger partial charge in [-0.1, -0.05) is 6.92 Å². The molecular weight excluding hydrogens is 282 g/mol. The minimum atomic E-state index is 0.310. The fraction of sp³-hybridized carbons (Fsp3) is 0.812. The van der Waals surface area contributed by atoms with Crippen LogP contribution in [0, 0.1) is 0 Å². The van der Waals surface area contributed by atoms with E-state index in [9.17, 15) is 0 Å². The molecule has 0 aromatic carbocycles. The summed E-state index contributed by atoms with van der Waals surface area (Å²) in [5.41, 5.74) is 1.36. The first kappa shape index (κ1) is 15.3. The standard InChI is InChI=1S/C16H27N3OS/c1-4-8-17-10-14-15(12-5-6-12)18-16(21-14)19(3)13-7-9-20-11(13)2/h11-13,17H,4-10H2,1-3H3. The summed E-state index contributed by atoms with van der Waals surface area (Å²) in [4.78, 5) is 8.77. The molecule has 118 valence electrons. The zero-order valence-electron chi connectivity index (χ0n) is 13.4. The third kappa shape index (κ3) is 3.41. The Kier molecular flexibility index (Phi) is 4.82. The Morgan fingerprint density at radius 2 is 2.19 bits per heavy atom. The Labute approximate surface area is 131 Å². The predicted molar refractivity (Wildman–Crippen MR) is 88.3 cm³/mol. The van der Waals surface area contributed by atoms with Gasteiger partial charge in [-0.25, -0.2) is 4.98 Å². The van der Waals surface area contributed by atoms with Gasteiger partial charge in [-0.2, -0.15) is 0 Å². The highest BCUT2D eigenvalue weighted by atomic mass is 32.1. The van der Waals surface area contributed by atoms with Crippen LogP contribution in [-0.2, 0) is 11.3 Å². The largest absolute Gasteiger partial charge is 0.376 e. The molecule has 1 aromatic heterocycles. The van der Waals surface area contributed by atoms with E-state index in [4.69, 9.17) is 9.72 Å². The SMILES string of the molecule is CCCNCc1sc(N(C)C2CCOC2C)nc1C1CC1. The van der Waals surface area contributed by atoms with E-state index in [1.807, 2.05) is 11.3 Å². The first-order valence-corrected chi connectivity index (χ1v) is 9.07. The van der Waals surface area contributed by atoms with E-state index in [-0.39, 0.29) is 0 Å². The summed E-state index contributed by atoms with van der Waals surface area (Å²) in [5, 5.41) is 4.71. The number of nitrogens with zero attached hydrogens (tertiary/aromatic N) is 2. The minimum absolute atomic E-state index is 0.310. The van der Waals surface area contributed by atoms with Crippen molar-refractivity contribution in [3.8, 4) is 0 Å². The van der Waals surface area contributed by atoms with E-state index in [1.165, 1.54) is 35.0 Å². The van der Waals surface area contributed by atoms with Crippen molar-refractivity contribution in [2.45, 2.75) is 64.1 Å². The Morgan fingerprint density at radius 3 is 2.81 bits per heavy atom. The molecular formula is C16H27N3OS. The molecule has 4 nitrogen and oxygen atoms in total. The van der Waals surface area contributed by atoms with Gasteiger partial charge in [0.05, 0.1) is 17.8 Å². The van der Waals surface area contributed by atoms with Gasteiger partial charge in [-0.15, -0.1) is 11.3 Å². The number of thiazole rings is 1. The van der Waals surface area contributed by atoms with Crippen molar-refractivity contribution in [3.05, 3.63) is 10.6 Å².